The van der Waals surface area contributed by atoms with Crippen molar-refractivity contribution in [1.29, 1.82) is 0 Å². The maximum Gasteiger partial charge on any atom is 0.257 e. The predicted molar refractivity (Wildman–Crippen MR) is 108 cm³/mol. The van der Waals surface area contributed by atoms with Crippen molar-refractivity contribution in [2.24, 2.45) is 0 Å². The van der Waals surface area contributed by atoms with Crippen molar-refractivity contribution in [2.45, 2.75) is 19.8 Å². The Balaban J connectivity index is 2.08. The van der Waals surface area contributed by atoms with Crippen LogP contribution < -0.4 is 10.6 Å². The van der Waals surface area contributed by atoms with Crippen LogP contribution in [0.1, 0.15) is 35.7 Å². The van der Waals surface area contributed by atoms with Gasteiger partial charge < -0.3 is 5.32 Å². The monoisotopic (exact) mass is 458 g/mol. The molecule has 2 N–H and O–H groups in total. The zero-order valence-electron chi connectivity index (χ0n) is 12.7. The van der Waals surface area contributed by atoms with Gasteiger partial charge in [0.1, 0.15) is 0 Å². The van der Waals surface area contributed by atoms with Gasteiger partial charge in [0.05, 0.1) is 0 Å². The van der Waals surface area contributed by atoms with Gasteiger partial charge in [0.15, 0.2) is 5.11 Å². The molecular formula is C17H16ClIN2OS. The first kappa shape index (κ1) is 18.2. The number of thiocarbonyl (C=S) groups is 1. The number of anilines is 1. The van der Waals surface area contributed by atoms with E-state index in [4.69, 9.17) is 23.8 Å². The molecule has 1 amide bonds. The summed E-state index contributed by atoms with van der Waals surface area (Å²) in [6, 6.07) is 12.7. The Morgan fingerprint density at radius 1 is 1.17 bits per heavy atom. The highest BCUT2D eigenvalue weighted by molar-refractivity contribution is 14.1. The maximum atomic E-state index is 12.1. The van der Waals surface area contributed by atoms with Crippen molar-refractivity contribution in [1.82, 2.24) is 5.32 Å². The third kappa shape index (κ3) is 5.16. The first-order valence-corrected chi connectivity index (χ1v) is 8.90. The van der Waals surface area contributed by atoms with Crippen molar-refractivity contribution < 1.29 is 4.79 Å². The molecule has 3 nitrogen and oxygen atoms in total. The molecule has 0 atom stereocenters. The van der Waals surface area contributed by atoms with Crippen molar-refractivity contribution in [3.8, 4) is 0 Å². The quantitative estimate of drug-likeness (QED) is 0.491. The summed E-state index contributed by atoms with van der Waals surface area (Å²) < 4.78 is 1.16. The molecule has 0 fully saturated rings. The molecule has 2 aromatic rings. The molecule has 0 spiro atoms. The Labute approximate surface area is 159 Å². The third-order valence-corrected chi connectivity index (χ3v) is 4.34. The fourth-order valence-corrected chi connectivity index (χ4v) is 2.90. The normalized spacial score (nSPS) is 10.5. The number of carbonyl (C=O) groups excluding carboxylic acids is 1. The molecule has 0 aliphatic rings. The number of hydrogen-bond acceptors (Lipinski definition) is 2. The molecule has 2 aromatic carbocycles. The van der Waals surface area contributed by atoms with Gasteiger partial charge in [0.2, 0.25) is 0 Å². The Morgan fingerprint density at radius 3 is 2.43 bits per heavy atom. The highest BCUT2D eigenvalue weighted by Gasteiger charge is 2.11. The summed E-state index contributed by atoms with van der Waals surface area (Å²) in [6.07, 6.45) is 0. The number of carbonyl (C=O) groups is 1. The second-order valence-electron chi connectivity index (χ2n) is 5.30. The van der Waals surface area contributed by atoms with Crippen LogP contribution in [-0.4, -0.2) is 11.0 Å². The van der Waals surface area contributed by atoms with Crippen molar-refractivity contribution in [3.63, 3.8) is 0 Å². The van der Waals surface area contributed by atoms with Crippen molar-refractivity contribution >= 4 is 63.1 Å². The number of nitrogens with one attached hydrogen (secondary N) is 2. The fourth-order valence-electron chi connectivity index (χ4n) is 2.06. The predicted octanol–water partition coefficient (Wildman–Crippen LogP) is 5.19. The number of halogens is 2. The lowest BCUT2D eigenvalue weighted by molar-refractivity contribution is 0.0978. The van der Waals surface area contributed by atoms with E-state index >= 15 is 0 Å². The van der Waals surface area contributed by atoms with Gasteiger partial charge >= 0.3 is 0 Å². The van der Waals surface area contributed by atoms with Gasteiger partial charge in [-0.15, -0.1) is 0 Å². The number of rotatable bonds is 3. The van der Waals surface area contributed by atoms with Crippen LogP contribution >= 0.6 is 46.4 Å². The lowest BCUT2D eigenvalue weighted by Gasteiger charge is -2.16. The Morgan fingerprint density at radius 2 is 1.83 bits per heavy atom. The van der Waals surface area contributed by atoms with Gasteiger partial charge in [-0.25, -0.2) is 0 Å². The average Bonchev–Trinajstić information content (AvgIpc) is 2.49. The molecule has 0 bridgehead atoms. The van der Waals surface area contributed by atoms with Crippen LogP contribution in [0.25, 0.3) is 0 Å². The lowest BCUT2D eigenvalue weighted by atomic mass is 10.0. The van der Waals surface area contributed by atoms with E-state index in [1.165, 1.54) is 0 Å². The smallest absolute Gasteiger partial charge is 0.257 e. The number of hydrogen-bond donors (Lipinski definition) is 2. The van der Waals surface area contributed by atoms with Crippen LogP contribution in [-0.2, 0) is 0 Å². The molecule has 2 rings (SSSR count). The van der Waals surface area contributed by atoms with Crippen LogP contribution in [0, 0.1) is 3.57 Å². The van der Waals surface area contributed by atoms with Crippen LogP contribution in [0.5, 0.6) is 0 Å². The van der Waals surface area contributed by atoms with E-state index in [0.29, 0.717) is 16.5 Å². The molecule has 0 aliphatic carbocycles. The van der Waals surface area contributed by atoms with Gasteiger partial charge in [0.25, 0.3) is 5.91 Å². The van der Waals surface area contributed by atoms with Gasteiger partial charge in [-0.1, -0.05) is 25.4 Å². The molecule has 0 aliphatic heterocycles. The standard InChI is InChI=1S/C17H16ClIN2OS/c1-10(2)14-9-13(19)7-8-15(14)20-17(23)21-16(22)11-3-5-12(18)6-4-11/h3-10H,1-2H3,(H2,20,21,22,23). The van der Waals surface area contributed by atoms with Gasteiger partial charge in [-0.05, 0) is 88.8 Å². The van der Waals surface area contributed by atoms with Crippen molar-refractivity contribution in [2.75, 3.05) is 5.32 Å². The second-order valence-corrected chi connectivity index (χ2v) is 7.39. The minimum Gasteiger partial charge on any atom is -0.332 e. The lowest BCUT2D eigenvalue weighted by Crippen LogP contribution is -2.34. The third-order valence-electron chi connectivity index (χ3n) is 3.22. The van der Waals surface area contributed by atoms with E-state index in [1.54, 1.807) is 24.3 Å². The number of amides is 1. The van der Waals surface area contributed by atoms with E-state index in [1.807, 2.05) is 12.1 Å². The molecule has 0 unspecified atom stereocenters. The first-order valence-electron chi connectivity index (χ1n) is 7.04. The summed E-state index contributed by atoms with van der Waals surface area (Å²) in [5, 5.41) is 6.64. The van der Waals surface area contributed by atoms with Crippen LogP contribution in [0.3, 0.4) is 0 Å². The summed E-state index contributed by atoms with van der Waals surface area (Å²) in [7, 11) is 0. The fraction of sp³-hybridized carbons (Fsp3) is 0.176. The zero-order valence-corrected chi connectivity index (χ0v) is 16.4. The minimum atomic E-state index is -0.268. The minimum absolute atomic E-state index is 0.268. The van der Waals surface area contributed by atoms with E-state index < -0.39 is 0 Å². The van der Waals surface area contributed by atoms with Gasteiger partial charge in [0, 0.05) is 19.8 Å². The number of benzene rings is 2. The van der Waals surface area contributed by atoms with Gasteiger partial charge in [-0.2, -0.15) is 0 Å². The molecule has 0 heterocycles. The van der Waals surface area contributed by atoms with E-state index in [0.717, 1.165) is 14.8 Å². The van der Waals surface area contributed by atoms with E-state index in [9.17, 15) is 4.79 Å². The molecule has 0 aromatic heterocycles. The zero-order chi connectivity index (χ0) is 17.0. The van der Waals surface area contributed by atoms with E-state index in [2.05, 4.69) is 53.1 Å². The summed E-state index contributed by atoms with van der Waals surface area (Å²) in [6.45, 7) is 4.23. The molecule has 120 valence electrons. The van der Waals surface area contributed by atoms with Gasteiger partial charge in [-0.3, -0.25) is 10.1 Å². The first-order chi connectivity index (χ1) is 10.9. The Kier molecular flexibility index (Phi) is 6.38. The highest BCUT2D eigenvalue weighted by Crippen LogP contribution is 2.26. The topological polar surface area (TPSA) is 41.1 Å². The molecule has 6 heteroatoms. The Bertz CT molecular complexity index is 732. The van der Waals surface area contributed by atoms with Crippen molar-refractivity contribution in [3.05, 3.63) is 62.2 Å². The largest absolute Gasteiger partial charge is 0.332 e. The summed E-state index contributed by atoms with van der Waals surface area (Å²) in [5.41, 5.74) is 2.56. The molecular weight excluding hydrogens is 443 g/mol. The summed E-state index contributed by atoms with van der Waals surface area (Å²) >= 11 is 13.3. The molecule has 0 saturated carbocycles. The summed E-state index contributed by atoms with van der Waals surface area (Å²) in [4.78, 5) is 12.1. The molecule has 23 heavy (non-hydrogen) atoms. The maximum absolute atomic E-state index is 12.1. The van der Waals surface area contributed by atoms with E-state index in [-0.39, 0.29) is 11.0 Å². The van der Waals surface area contributed by atoms with Crippen LogP contribution in [0.15, 0.2) is 42.5 Å². The average molecular weight is 459 g/mol. The molecule has 0 saturated heterocycles. The molecule has 0 radical (unpaired) electrons. The van der Waals surface area contributed by atoms with Crippen LogP contribution in [0.2, 0.25) is 5.02 Å². The second kappa shape index (κ2) is 8.08. The highest BCUT2D eigenvalue weighted by atomic mass is 127. The Hall–Kier alpha value is -1.18. The van der Waals surface area contributed by atoms with Crippen LogP contribution in [0.4, 0.5) is 5.69 Å². The summed E-state index contributed by atoms with van der Waals surface area (Å²) in [5.74, 6) is 0.0813. The SMILES string of the molecule is CC(C)c1cc(I)ccc1NC(=S)NC(=O)c1ccc(Cl)cc1.